The van der Waals surface area contributed by atoms with Gasteiger partial charge in [0.2, 0.25) is 0 Å². The van der Waals surface area contributed by atoms with Gasteiger partial charge in [0, 0.05) is 30.1 Å². The smallest absolute Gasteiger partial charge is 0.320 e. The van der Waals surface area contributed by atoms with Gasteiger partial charge in [-0.2, -0.15) is 0 Å². The summed E-state index contributed by atoms with van der Waals surface area (Å²) in [5, 5.41) is 3.35. The first-order valence-electron chi connectivity index (χ1n) is 7.25. The molecule has 3 rings (SSSR count). The van der Waals surface area contributed by atoms with Crippen LogP contribution in [0.15, 0.2) is 28.7 Å². The maximum Gasteiger partial charge on any atom is 0.320 e. The average Bonchev–Trinajstić information content (AvgIpc) is 2.81. The molecule has 2 aliphatic rings. The molecule has 2 heterocycles. The van der Waals surface area contributed by atoms with E-state index in [1.807, 2.05) is 17.0 Å². The van der Waals surface area contributed by atoms with Crippen molar-refractivity contribution in [1.82, 2.24) is 15.1 Å². The summed E-state index contributed by atoms with van der Waals surface area (Å²) >= 11 is 3.48. The van der Waals surface area contributed by atoms with Crippen LogP contribution in [0.5, 0.6) is 0 Å². The lowest BCUT2D eigenvalue weighted by atomic mass is 10.1. The van der Waals surface area contributed by atoms with E-state index >= 15 is 0 Å². The van der Waals surface area contributed by atoms with E-state index in [-0.39, 0.29) is 6.03 Å². The third-order valence-corrected chi connectivity index (χ3v) is 4.63. The van der Waals surface area contributed by atoms with Crippen molar-refractivity contribution in [1.29, 1.82) is 0 Å². The fraction of sp³-hybridized carbons (Fsp3) is 0.533. The van der Waals surface area contributed by atoms with Crippen LogP contribution >= 0.6 is 15.9 Å². The standard InChI is InChI=1S/C15H20BrN3O/c16-13-3-1-2-12(10-13)11-18-8-9-19(15(18)20)14-4-6-17-7-5-14/h1-3,10,14,17H,4-9,11H2. The molecule has 4 nitrogen and oxygen atoms in total. The zero-order valence-corrected chi connectivity index (χ0v) is 13.1. The summed E-state index contributed by atoms with van der Waals surface area (Å²) in [6, 6.07) is 8.82. The molecule has 0 aliphatic carbocycles. The molecule has 2 amide bonds. The maximum absolute atomic E-state index is 12.5. The van der Waals surface area contributed by atoms with Gasteiger partial charge in [0.15, 0.2) is 0 Å². The molecule has 2 fully saturated rings. The predicted octanol–water partition coefficient (Wildman–Crippen LogP) is 2.44. The fourth-order valence-electron chi connectivity index (χ4n) is 3.06. The van der Waals surface area contributed by atoms with E-state index in [0.717, 1.165) is 43.5 Å². The van der Waals surface area contributed by atoms with Gasteiger partial charge in [0.1, 0.15) is 0 Å². The Hall–Kier alpha value is -1.07. The molecular formula is C15H20BrN3O. The van der Waals surface area contributed by atoms with Crippen LogP contribution in [-0.2, 0) is 6.54 Å². The molecular weight excluding hydrogens is 318 g/mol. The molecule has 1 aromatic rings. The van der Waals surface area contributed by atoms with Gasteiger partial charge in [-0.1, -0.05) is 28.1 Å². The summed E-state index contributed by atoms with van der Waals surface area (Å²) in [6.45, 7) is 4.48. The minimum absolute atomic E-state index is 0.205. The zero-order chi connectivity index (χ0) is 13.9. The summed E-state index contributed by atoms with van der Waals surface area (Å²) in [5.74, 6) is 0. The van der Waals surface area contributed by atoms with Gasteiger partial charge in [0.25, 0.3) is 0 Å². The van der Waals surface area contributed by atoms with Gasteiger partial charge in [-0.3, -0.25) is 0 Å². The highest BCUT2D eigenvalue weighted by Gasteiger charge is 2.33. The number of carbonyl (C=O) groups is 1. The molecule has 1 N–H and O–H groups in total. The molecule has 0 atom stereocenters. The van der Waals surface area contributed by atoms with Crippen LogP contribution < -0.4 is 5.32 Å². The Balaban J connectivity index is 1.63. The first-order valence-corrected chi connectivity index (χ1v) is 8.04. The van der Waals surface area contributed by atoms with Crippen LogP contribution in [0.1, 0.15) is 18.4 Å². The number of nitrogens with one attached hydrogen (secondary N) is 1. The number of piperidine rings is 1. The molecule has 0 spiro atoms. The summed E-state index contributed by atoms with van der Waals surface area (Å²) in [5.41, 5.74) is 1.18. The Morgan fingerprint density at radius 3 is 2.80 bits per heavy atom. The number of benzene rings is 1. The van der Waals surface area contributed by atoms with Crippen molar-refractivity contribution in [2.75, 3.05) is 26.2 Å². The predicted molar refractivity (Wildman–Crippen MR) is 82.5 cm³/mol. The molecule has 0 saturated carbocycles. The second kappa shape index (κ2) is 6.14. The van der Waals surface area contributed by atoms with E-state index in [0.29, 0.717) is 12.6 Å². The Morgan fingerprint density at radius 2 is 2.05 bits per heavy atom. The number of carbonyl (C=O) groups excluding carboxylic acids is 1. The van der Waals surface area contributed by atoms with E-state index in [9.17, 15) is 4.79 Å². The van der Waals surface area contributed by atoms with Crippen molar-refractivity contribution in [3.63, 3.8) is 0 Å². The highest BCUT2D eigenvalue weighted by molar-refractivity contribution is 9.10. The Kier molecular flexibility index (Phi) is 4.27. The number of halogens is 1. The molecule has 1 aromatic carbocycles. The third kappa shape index (κ3) is 2.99. The van der Waals surface area contributed by atoms with Gasteiger partial charge >= 0.3 is 6.03 Å². The number of nitrogens with zero attached hydrogens (tertiary/aromatic N) is 2. The molecule has 5 heteroatoms. The highest BCUT2D eigenvalue weighted by Crippen LogP contribution is 2.21. The van der Waals surface area contributed by atoms with Crippen molar-refractivity contribution >= 4 is 22.0 Å². The Labute approximate surface area is 128 Å². The molecule has 20 heavy (non-hydrogen) atoms. The molecule has 0 unspecified atom stereocenters. The van der Waals surface area contributed by atoms with Crippen molar-refractivity contribution in [2.45, 2.75) is 25.4 Å². The second-order valence-corrected chi connectivity index (χ2v) is 6.42. The second-order valence-electron chi connectivity index (χ2n) is 5.51. The lowest BCUT2D eigenvalue weighted by molar-refractivity contribution is 0.165. The monoisotopic (exact) mass is 337 g/mol. The normalized spacial score (nSPS) is 20.8. The summed E-state index contributed by atoms with van der Waals surface area (Å²) in [4.78, 5) is 16.5. The largest absolute Gasteiger partial charge is 0.320 e. The quantitative estimate of drug-likeness (QED) is 0.919. The van der Waals surface area contributed by atoms with E-state index in [4.69, 9.17) is 0 Å². The molecule has 108 valence electrons. The number of urea groups is 1. The number of rotatable bonds is 3. The van der Waals surface area contributed by atoms with Gasteiger partial charge in [0.05, 0.1) is 0 Å². The first kappa shape index (κ1) is 13.9. The minimum atomic E-state index is 0.205. The van der Waals surface area contributed by atoms with Crippen LogP contribution in [-0.4, -0.2) is 48.1 Å². The lowest BCUT2D eigenvalue weighted by Gasteiger charge is -2.31. The lowest BCUT2D eigenvalue weighted by Crippen LogP contribution is -2.45. The summed E-state index contributed by atoms with van der Waals surface area (Å²) < 4.78 is 1.07. The number of amides is 2. The SMILES string of the molecule is O=C1N(Cc2cccc(Br)c2)CCN1C1CCNCC1. The average molecular weight is 338 g/mol. The molecule has 2 saturated heterocycles. The number of hydrogen-bond donors (Lipinski definition) is 1. The summed E-state index contributed by atoms with van der Waals surface area (Å²) in [6.07, 6.45) is 2.16. The third-order valence-electron chi connectivity index (χ3n) is 4.14. The fourth-order valence-corrected chi connectivity index (χ4v) is 3.51. The maximum atomic E-state index is 12.5. The molecule has 0 aromatic heterocycles. The van der Waals surface area contributed by atoms with Gasteiger partial charge < -0.3 is 15.1 Å². The molecule has 0 radical (unpaired) electrons. The van der Waals surface area contributed by atoms with E-state index in [1.54, 1.807) is 0 Å². The summed E-state index contributed by atoms with van der Waals surface area (Å²) in [7, 11) is 0. The van der Waals surface area contributed by atoms with Crippen molar-refractivity contribution in [3.8, 4) is 0 Å². The van der Waals surface area contributed by atoms with Crippen LogP contribution in [0, 0.1) is 0 Å². The van der Waals surface area contributed by atoms with Gasteiger partial charge in [-0.15, -0.1) is 0 Å². The van der Waals surface area contributed by atoms with E-state index in [1.165, 1.54) is 5.56 Å². The van der Waals surface area contributed by atoms with E-state index in [2.05, 4.69) is 38.3 Å². The highest BCUT2D eigenvalue weighted by atomic mass is 79.9. The number of hydrogen-bond acceptors (Lipinski definition) is 2. The van der Waals surface area contributed by atoms with Crippen LogP contribution in [0.2, 0.25) is 0 Å². The first-order chi connectivity index (χ1) is 9.74. The zero-order valence-electron chi connectivity index (χ0n) is 11.5. The van der Waals surface area contributed by atoms with Crippen LogP contribution in [0.25, 0.3) is 0 Å². The topological polar surface area (TPSA) is 35.6 Å². The van der Waals surface area contributed by atoms with E-state index < -0.39 is 0 Å². The van der Waals surface area contributed by atoms with Crippen LogP contribution in [0.3, 0.4) is 0 Å². The van der Waals surface area contributed by atoms with Gasteiger partial charge in [-0.05, 0) is 43.6 Å². The van der Waals surface area contributed by atoms with Crippen molar-refractivity contribution in [2.24, 2.45) is 0 Å². The Morgan fingerprint density at radius 1 is 1.25 bits per heavy atom. The van der Waals surface area contributed by atoms with Crippen LogP contribution in [0.4, 0.5) is 4.79 Å². The van der Waals surface area contributed by atoms with Crippen molar-refractivity contribution < 1.29 is 4.79 Å². The van der Waals surface area contributed by atoms with Gasteiger partial charge in [-0.25, -0.2) is 4.79 Å². The Bertz CT molecular complexity index is 488. The minimum Gasteiger partial charge on any atom is -0.320 e. The molecule has 0 bridgehead atoms. The van der Waals surface area contributed by atoms with Crippen molar-refractivity contribution in [3.05, 3.63) is 34.3 Å². The molecule has 2 aliphatic heterocycles.